The number of anilines is 1. The van der Waals surface area contributed by atoms with Gasteiger partial charge in [-0.1, -0.05) is 74.9 Å². The summed E-state index contributed by atoms with van der Waals surface area (Å²) >= 11 is 0. The van der Waals surface area contributed by atoms with Gasteiger partial charge in [0.15, 0.2) is 11.5 Å². The van der Waals surface area contributed by atoms with Crippen molar-refractivity contribution in [3.05, 3.63) is 78.3 Å². The van der Waals surface area contributed by atoms with Gasteiger partial charge in [0.05, 0.1) is 28.3 Å². The first-order valence-corrected chi connectivity index (χ1v) is 28.2. The molecule has 8 atom stereocenters. The Hall–Kier alpha value is -8.64. The molecule has 2 aromatic heterocycles. The molecule has 2 aliphatic carbocycles. The van der Waals surface area contributed by atoms with E-state index in [9.17, 15) is 38.4 Å². The second-order valence-electron chi connectivity index (χ2n) is 21.9. The van der Waals surface area contributed by atoms with E-state index in [1.54, 1.807) is 60.7 Å². The zero-order valence-electron chi connectivity index (χ0n) is 47.6. The van der Waals surface area contributed by atoms with Crippen LogP contribution in [0, 0.1) is 11.8 Å². The molecule has 25 heteroatoms. The molecule has 0 spiro atoms. The number of aromatic nitrogens is 4. The van der Waals surface area contributed by atoms with Gasteiger partial charge in [0, 0.05) is 28.2 Å². The van der Waals surface area contributed by atoms with E-state index in [2.05, 4.69) is 41.2 Å². The van der Waals surface area contributed by atoms with Crippen LogP contribution in [0.25, 0.3) is 22.1 Å². The van der Waals surface area contributed by atoms with Gasteiger partial charge in [0.25, 0.3) is 11.8 Å². The highest BCUT2D eigenvalue weighted by Gasteiger charge is 2.44. The minimum atomic E-state index is -1.70. The van der Waals surface area contributed by atoms with Crippen molar-refractivity contribution in [1.29, 1.82) is 0 Å². The van der Waals surface area contributed by atoms with E-state index in [-0.39, 0.29) is 30.0 Å². The number of esters is 2. The van der Waals surface area contributed by atoms with E-state index in [0.717, 1.165) is 48.3 Å². The maximum atomic E-state index is 15.3. The van der Waals surface area contributed by atoms with E-state index >= 15 is 9.59 Å². The van der Waals surface area contributed by atoms with Crippen molar-refractivity contribution in [1.82, 2.24) is 60.8 Å². The number of carbonyl (C=O) groups is 10. The standard InChI is InChI=1S/C58H73N13O12/c1-32-53(76)68(3)43-27-17-18-28-44(55(78)70(5)46(34-19-9-7-10-20-34)57(80)82-30-41(50(73)61-32)66-49(72)40-29-60-36-23-13-14-24-37(36)63-40)69(4)54(77)33(2)62-51(74)42(67-52(75)45-48(59)65-39-26-16-15-25-38(39)64-45)31-83-58(81)47(71(6)56(43)79)35-21-11-8-12-22-35/h13-18,23-26,29,32-35,41-44,46-47H,7-12,19-22,27-28,30-31H2,1-6H3,(H2,59,65)(H,61,73)(H,62,74)(H,66,72)(H,67,75)/b18-17-/t32?,33?,41?,42?,43-,44-,46?,47?/m0/s1. The third-order valence-electron chi connectivity index (χ3n) is 16.3. The van der Waals surface area contributed by atoms with E-state index in [1.165, 1.54) is 58.0 Å². The molecular formula is C58H73N13O12. The maximum Gasteiger partial charge on any atom is 0.329 e. The molecule has 4 heterocycles. The highest BCUT2D eigenvalue weighted by molar-refractivity contribution is 6.02. The largest absolute Gasteiger partial charge is 0.461 e. The lowest BCUT2D eigenvalue weighted by Crippen LogP contribution is -2.60. The summed E-state index contributed by atoms with van der Waals surface area (Å²) < 4.78 is 11.9. The summed E-state index contributed by atoms with van der Waals surface area (Å²) in [5, 5.41) is 10.4. The lowest BCUT2D eigenvalue weighted by atomic mass is 9.83. The molecule has 2 bridgehead atoms. The Morgan fingerprint density at radius 3 is 1.41 bits per heavy atom. The molecule has 2 saturated carbocycles. The Morgan fingerprint density at radius 1 is 0.542 bits per heavy atom. The highest BCUT2D eigenvalue weighted by atomic mass is 16.5. The molecule has 2 aromatic carbocycles. The summed E-state index contributed by atoms with van der Waals surface area (Å²) in [6.07, 6.45) is 10.7. The first-order chi connectivity index (χ1) is 39.7. The average molecular weight is 1140 g/mol. The summed E-state index contributed by atoms with van der Waals surface area (Å²) in [6.45, 7) is 1.18. The van der Waals surface area contributed by atoms with Crippen LogP contribution in [0.5, 0.6) is 0 Å². The number of carbonyl (C=O) groups excluding carboxylic acids is 10. The van der Waals surface area contributed by atoms with E-state index in [0.29, 0.717) is 47.8 Å². The SMILES string of the molecule is CC1NC(=O)C(NC(=O)c2cnc3ccccc3n2)COC(=O)C(C2CCCCC2)N(C)C(=O)[C@@H]2C/C=C\C[C@@H](C(=O)N(C)C(C3CCCCC3)C(=O)OCC(NC(=O)c3nc4ccccc4nc3N)C(=O)NC(C)C(=O)N2C)N(C)C1=O. The Morgan fingerprint density at radius 2 is 0.952 bits per heavy atom. The predicted molar refractivity (Wildman–Crippen MR) is 301 cm³/mol. The maximum absolute atomic E-state index is 15.3. The van der Waals surface area contributed by atoms with Crippen LogP contribution in [-0.4, -0.2) is 188 Å². The Balaban J connectivity index is 1.19. The normalized spacial score (nSPS) is 26.4. The number of nitrogens with one attached hydrogen (secondary N) is 4. The summed E-state index contributed by atoms with van der Waals surface area (Å²) in [5.74, 6) is -9.68. The van der Waals surface area contributed by atoms with Crippen molar-refractivity contribution in [2.75, 3.05) is 47.1 Å². The van der Waals surface area contributed by atoms with Crippen LogP contribution in [-0.2, 0) is 47.8 Å². The smallest absolute Gasteiger partial charge is 0.329 e. The van der Waals surface area contributed by atoms with Gasteiger partial charge >= 0.3 is 11.9 Å². The van der Waals surface area contributed by atoms with Crippen molar-refractivity contribution >= 4 is 87.1 Å². The number of cyclic esters (lactones) is 2. The zero-order chi connectivity index (χ0) is 59.6. The molecule has 4 aromatic rings. The van der Waals surface area contributed by atoms with Gasteiger partial charge in [-0.25, -0.2) is 24.5 Å². The van der Waals surface area contributed by atoms with Crippen molar-refractivity contribution < 1.29 is 57.4 Å². The number of ether oxygens (including phenoxy) is 2. The molecule has 0 saturated heterocycles. The fourth-order valence-corrected chi connectivity index (χ4v) is 11.5. The van der Waals surface area contributed by atoms with Crippen LogP contribution in [0.2, 0.25) is 0 Å². The summed E-state index contributed by atoms with van der Waals surface area (Å²) in [7, 11) is 5.53. The van der Waals surface area contributed by atoms with Crippen LogP contribution < -0.4 is 27.0 Å². The molecular weight excluding hydrogens is 1070 g/mol. The molecule has 6 unspecified atom stereocenters. The summed E-state index contributed by atoms with van der Waals surface area (Å²) in [5.41, 5.74) is 7.32. The number of nitrogens with zero attached hydrogens (tertiary/aromatic N) is 8. The molecule has 4 aliphatic rings. The molecule has 442 valence electrons. The number of para-hydroxylation sites is 4. The van der Waals surface area contributed by atoms with Crippen molar-refractivity contribution in [3.63, 3.8) is 0 Å². The number of rotatable bonds is 6. The van der Waals surface area contributed by atoms with Crippen LogP contribution in [0.3, 0.4) is 0 Å². The quantitative estimate of drug-likeness (QED) is 0.136. The van der Waals surface area contributed by atoms with Crippen LogP contribution in [0.15, 0.2) is 66.9 Å². The third kappa shape index (κ3) is 14.0. The monoisotopic (exact) mass is 1140 g/mol. The lowest BCUT2D eigenvalue weighted by molar-refractivity contribution is -0.161. The van der Waals surface area contributed by atoms with Gasteiger partial charge in [-0.3, -0.25) is 43.3 Å². The molecule has 2 aliphatic heterocycles. The molecule has 83 heavy (non-hydrogen) atoms. The molecule has 6 N–H and O–H groups in total. The van der Waals surface area contributed by atoms with Gasteiger partial charge in [-0.2, -0.15) is 0 Å². The van der Waals surface area contributed by atoms with Gasteiger partial charge in [-0.05, 0) is 88.5 Å². The number of fused-ring (bicyclic) bond motifs is 6. The zero-order valence-corrected chi connectivity index (χ0v) is 47.6. The molecule has 2 fully saturated rings. The lowest BCUT2D eigenvalue weighted by Gasteiger charge is -2.39. The molecule has 25 nitrogen and oxygen atoms in total. The third-order valence-corrected chi connectivity index (χ3v) is 16.3. The molecule has 0 radical (unpaired) electrons. The van der Waals surface area contributed by atoms with Crippen molar-refractivity contribution in [3.8, 4) is 0 Å². The fraction of sp³-hybridized carbons (Fsp3) is 0.517. The first-order valence-electron chi connectivity index (χ1n) is 28.2. The van der Waals surface area contributed by atoms with E-state index in [4.69, 9.17) is 15.2 Å². The van der Waals surface area contributed by atoms with Crippen LogP contribution in [0.1, 0.15) is 112 Å². The Labute approximate surface area is 480 Å². The fourth-order valence-electron chi connectivity index (χ4n) is 11.5. The van der Waals surface area contributed by atoms with E-state index in [1.807, 2.05) is 0 Å². The van der Waals surface area contributed by atoms with Crippen molar-refractivity contribution in [2.45, 2.75) is 139 Å². The van der Waals surface area contributed by atoms with E-state index < -0.39 is 133 Å². The Kier molecular flexibility index (Phi) is 19.6. The number of hydrogen-bond donors (Lipinski definition) is 5. The Bertz CT molecular complexity index is 3160. The minimum Gasteiger partial charge on any atom is -0.461 e. The number of nitrogens with two attached hydrogens (primary N) is 1. The minimum absolute atomic E-state index is 0.167. The van der Waals surface area contributed by atoms with Crippen LogP contribution in [0.4, 0.5) is 5.82 Å². The van der Waals surface area contributed by atoms with Gasteiger partial charge < -0.3 is 56.1 Å². The highest BCUT2D eigenvalue weighted by Crippen LogP contribution is 2.32. The average Bonchev–Trinajstić information content (AvgIpc) is 3.69. The second-order valence-corrected chi connectivity index (χ2v) is 21.9. The molecule has 8 amide bonds. The van der Waals surface area contributed by atoms with Crippen LogP contribution >= 0.6 is 0 Å². The number of amides is 8. The topological polar surface area (TPSA) is 328 Å². The van der Waals surface area contributed by atoms with Crippen molar-refractivity contribution in [2.24, 2.45) is 11.8 Å². The van der Waals surface area contributed by atoms with Gasteiger partial charge in [0.2, 0.25) is 35.4 Å². The number of likely N-dealkylation sites (N-methyl/N-ethyl adjacent to an activating group) is 4. The number of nitrogen functional groups attached to an aromatic ring is 1. The molecule has 8 rings (SSSR count). The first kappa shape index (κ1) is 60.5. The number of hydrogen-bond acceptors (Lipinski definition) is 17. The summed E-state index contributed by atoms with van der Waals surface area (Å²) in [6, 6.07) is 2.07. The predicted octanol–water partition coefficient (Wildman–Crippen LogP) is 1.98. The summed E-state index contributed by atoms with van der Waals surface area (Å²) in [4.78, 5) is 168. The number of benzene rings is 2. The van der Waals surface area contributed by atoms with Gasteiger partial charge in [-0.15, -0.1) is 0 Å². The second kappa shape index (κ2) is 27.0. The van der Waals surface area contributed by atoms with Gasteiger partial charge in [0.1, 0.15) is 67.2 Å².